The Kier molecular flexibility index (Phi) is 8.35. The summed E-state index contributed by atoms with van der Waals surface area (Å²) in [4.78, 5) is 23.3. The Morgan fingerprint density at radius 1 is 1.10 bits per heavy atom. The van der Waals surface area contributed by atoms with Crippen LogP contribution in [0.3, 0.4) is 0 Å². The van der Waals surface area contributed by atoms with E-state index >= 15 is 0 Å². The molecule has 31 heavy (non-hydrogen) atoms. The van der Waals surface area contributed by atoms with E-state index in [1.165, 1.54) is 32.4 Å². The Balaban J connectivity index is 2.15. The zero-order valence-corrected chi connectivity index (χ0v) is 17.1. The number of amides is 1. The second kappa shape index (κ2) is 11.0. The van der Waals surface area contributed by atoms with Crippen molar-refractivity contribution in [3.05, 3.63) is 51.6 Å². The van der Waals surface area contributed by atoms with Gasteiger partial charge in [0.25, 0.3) is 11.6 Å². The van der Waals surface area contributed by atoms with Crippen LogP contribution in [0.25, 0.3) is 0 Å². The fourth-order valence-corrected chi connectivity index (χ4v) is 2.79. The van der Waals surface area contributed by atoms with Crippen LogP contribution in [0.2, 0.25) is 0 Å². The van der Waals surface area contributed by atoms with E-state index in [4.69, 9.17) is 14.2 Å². The molecule has 0 aromatic heterocycles. The molecule has 11 heteroatoms. The van der Waals surface area contributed by atoms with E-state index in [0.717, 1.165) is 6.07 Å². The summed E-state index contributed by atoms with van der Waals surface area (Å²) in [5, 5.41) is 14.0. The van der Waals surface area contributed by atoms with Gasteiger partial charge < -0.3 is 24.3 Å². The predicted octanol–water partition coefficient (Wildman–Crippen LogP) is 3.58. The molecule has 1 N–H and O–H groups in total. The summed E-state index contributed by atoms with van der Waals surface area (Å²) in [6.07, 6.45) is 0.262. The molecular weight excluding hydrogens is 418 g/mol. The summed E-state index contributed by atoms with van der Waals surface area (Å²) >= 11 is 0. The number of hydrogen-bond donors (Lipinski definition) is 1. The number of alkyl halides is 2. The fraction of sp³-hybridized carbons (Fsp3) is 0.350. The summed E-state index contributed by atoms with van der Waals surface area (Å²) in [6.45, 7) is -0.928. The van der Waals surface area contributed by atoms with Crippen LogP contribution in [0.1, 0.15) is 22.8 Å². The summed E-state index contributed by atoms with van der Waals surface area (Å²) < 4.78 is 45.0. The minimum atomic E-state index is -3.01. The first kappa shape index (κ1) is 23.6. The summed E-state index contributed by atoms with van der Waals surface area (Å²) in [5.41, 5.74) is -0.0310. The van der Waals surface area contributed by atoms with Crippen molar-refractivity contribution in [2.45, 2.75) is 20.0 Å². The number of nitro benzene ring substituents is 1. The normalized spacial score (nSPS) is 10.5. The maximum Gasteiger partial charge on any atom is 0.387 e. The molecule has 0 bridgehead atoms. The van der Waals surface area contributed by atoms with Crippen LogP contribution in [0.4, 0.5) is 14.5 Å². The van der Waals surface area contributed by atoms with Crippen molar-refractivity contribution in [3.8, 4) is 23.0 Å². The highest BCUT2D eigenvalue weighted by Gasteiger charge is 2.24. The Morgan fingerprint density at radius 3 is 2.39 bits per heavy atom. The van der Waals surface area contributed by atoms with Gasteiger partial charge in [0, 0.05) is 12.6 Å². The number of halogens is 2. The van der Waals surface area contributed by atoms with Gasteiger partial charge in [-0.2, -0.15) is 8.78 Å². The van der Waals surface area contributed by atoms with Crippen molar-refractivity contribution in [2.75, 3.05) is 27.4 Å². The average Bonchev–Trinajstić information content (AvgIpc) is 2.73. The van der Waals surface area contributed by atoms with Crippen molar-refractivity contribution in [1.82, 2.24) is 5.32 Å². The van der Waals surface area contributed by atoms with Gasteiger partial charge in [-0.15, -0.1) is 0 Å². The summed E-state index contributed by atoms with van der Waals surface area (Å²) in [7, 11) is 2.66. The zero-order chi connectivity index (χ0) is 23.0. The summed E-state index contributed by atoms with van der Waals surface area (Å²) in [6, 6.07) is 6.85. The minimum absolute atomic E-state index is 0.0897. The molecule has 0 fully saturated rings. The number of carbonyl (C=O) groups excluding carboxylic acids is 1. The van der Waals surface area contributed by atoms with Crippen LogP contribution in [-0.2, 0) is 6.42 Å². The number of hydrogen-bond acceptors (Lipinski definition) is 7. The quantitative estimate of drug-likeness (QED) is 0.420. The molecule has 0 saturated carbocycles. The van der Waals surface area contributed by atoms with Gasteiger partial charge in [-0.25, -0.2) is 0 Å². The highest BCUT2D eigenvalue weighted by Crippen LogP contribution is 2.35. The largest absolute Gasteiger partial charge is 0.493 e. The van der Waals surface area contributed by atoms with Crippen LogP contribution in [0, 0.1) is 10.1 Å². The predicted molar refractivity (Wildman–Crippen MR) is 106 cm³/mol. The van der Waals surface area contributed by atoms with Gasteiger partial charge >= 0.3 is 6.61 Å². The van der Waals surface area contributed by atoms with Crippen molar-refractivity contribution >= 4 is 11.6 Å². The van der Waals surface area contributed by atoms with E-state index in [1.54, 1.807) is 13.0 Å². The third-order valence-corrected chi connectivity index (χ3v) is 4.17. The Labute approximate surface area is 177 Å². The molecule has 2 rings (SSSR count). The van der Waals surface area contributed by atoms with Crippen LogP contribution < -0.4 is 24.3 Å². The SMILES string of the molecule is CCOc1cc(C(=O)NCCc2ccc(OC)c(OC(F)F)c2)c([N+](=O)[O-])cc1OC. The number of nitrogens with one attached hydrogen (secondary N) is 1. The lowest BCUT2D eigenvalue weighted by atomic mass is 10.1. The highest BCUT2D eigenvalue weighted by molar-refractivity contribution is 5.99. The molecule has 0 saturated heterocycles. The van der Waals surface area contributed by atoms with Crippen molar-refractivity contribution in [1.29, 1.82) is 0 Å². The van der Waals surface area contributed by atoms with Crippen LogP contribution in [-0.4, -0.2) is 44.8 Å². The van der Waals surface area contributed by atoms with E-state index in [2.05, 4.69) is 10.1 Å². The zero-order valence-electron chi connectivity index (χ0n) is 17.1. The number of methoxy groups -OCH3 is 2. The Morgan fingerprint density at radius 2 is 1.81 bits per heavy atom. The fourth-order valence-electron chi connectivity index (χ4n) is 2.79. The monoisotopic (exact) mass is 440 g/mol. The van der Waals surface area contributed by atoms with Gasteiger partial charge in [-0.05, 0) is 31.0 Å². The number of nitro groups is 1. The minimum Gasteiger partial charge on any atom is -0.493 e. The molecule has 0 atom stereocenters. The van der Waals surface area contributed by atoms with Gasteiger partial charge in [-0.1, -0.05) is 6.07 Å². The molecule has 0 unspecified atom stereocenters. The molecule has 0 heterocycles. The molecule has 0 aliphatic rings. The van der Waals surface area contributed by atoms with Gasteiger partial charge in [0.15, 0.2) is 23.0 Å². The van der Waals surface area contributed by atoms with Crippen LogP contribution in [0.5, 0.6) is 23.0 Å². The maximum absolute atomic E-state index is 12.6. The molecule has 2 aromatic rings. The number of carbonyl (C=O) groups is 1. The second-order valence-electron chi connectivity index (χ2n) is 6.08. The topological polar surface area (TPSA) is 109 Å². The Hall–Kier alpha value is -3.63. The van der Waals surface area contributed by atoms with Crippen molar-refractivity contribution < 1.29 is 37.4 Å². The van der Waals surface area contributed by atoms with Crippen LogP contribution in [0.15, 0.2) is 30.3 Å². The van der Waals surface area contributed by atoms with Gasteiger partial charge in [0.05, 0.1) is 31.8 Å². The van der Waals surface area contributed by atoms with Gasteiger partial charge in [0.2, 0.25) is 0 Å². The molecule has 0 radical (unpaired) electrons. The third kappa shape index (κ3) is 6.17. The standard InChI is InChI=1S/C20H22F2N2O7/c1-4-30-17-10-13(14(24(26)27)11-16(17)29-3)19(25)23-8-7-12-5-6-15(28-2)18(9-12)31-20(21)22/h5-6,9-11,20H,4,7-8H2,1-3H3,(H,23,25). The smallest absolute Gasteiger partial charge is 0.387 e. The summed E-state index contributed by atoms with van der Waals surface area (Å²) in [5.74, 6) is -0.341. The molecule has 0 spiro atoms. The molecule has 1 amide bonds. The maximum atomic E-state index is 12.6. The molecular formula is C20H22F2N2O7. The lowest BCUT2D eigenvalue weighted by molar-refractivity contribution is -0.385. The molecule has 168 valence electrons. The number of rotatable bonds is 11. The lowest BCUT2D eigenvalue weighted by Crippen LogP contribution is -2.26. The van der Waals surface area contributed by atoms with Crippen molar-refractivity contribution in [2.24, 2.45) is 0 Å². The van der Waals surface area contributed by atoms with Gasteiger partial charge in [0.1, 0.15) is 5.56 Å². The van der Waals surface area contributed by atoms with Gasteiger partial charge in [-0.3, -0.25) is 14.9 Å². The van der Waals surface area contributed by atoms with E-state index in [-0.39, 0.29) is 48.1 Å². The van der Waals surface area contributed by atoms with E-state index in [9.17, 15) is 23.7 Å². The third-order valence-electron chi connectivity index (χ3n) is 4.17. The van der Waals surface area contributed by atoms with E-state index in [0.29, 0.717) is 5.56 Å². The van der Waals surface area contributed by atoms with Crippen LogP contribution >= 0.6 is 0 Å². The Bertz CT molecular complexity index is 938. The average molecular weight is 440 g/mol. The second-order valence-corrected chi connectivity index (χ2v) is 6.08. The highest BCUT2D eigenvalue weighted by atomic mass is 19.3. The molecule has 0 aliphatic heterocycles. The van der Waals surface area contributed by atoms with E-state index < -0.39 is 23.1 Å². The van der Waals surface area contributed by atoms with Crippen molar-refractivity contribution in [3.63, 3.8) is 0 Å². The molecule has 0 aliphatic carbocycles. The first-order valence-corrected chi connectivity index (χ1v) is 9.19. The first-order valence-electron chi connectivity index (χ1n) is 9.19. The molecule has 2 aromatic carbocycles. The first-order chi connectivity index (χ1) is 14.8. The lowest BCUT2D eigenvalue weighted by Gasteiger charge is -2.13. The van der Waals surface area contributed by atoms with E-state index in [1.807, 2.05) is 0 Å². The molecule has 9 nitrogen and oxygen atoms in total. The number of benzene rings is 2. The number of ether oxygens (including phenoxy) is 4. The number of nitrogens with zero attached hydrogens (tertiary/aromatic N) is 1.